The Morgan fingerprint density at radius 2 is 1.37 bits per heavy atom. The summed E-state index contributed by atoms with van der Waals surface area (Å²) in [6.45, 7) is 0. The lowest BCUT2D eigenvalue weighted by Crippen LogP contribution is -2.46. The van der Waals surface area contributed by atoms with Crippen LogP contribution in [-0.2, 0) is 0 Å². The third-order valence-electron chi connectivity index (χ3n) is 7.18. The van der Waals surface area contributed by atoms with E-state index in [2.05, 4.69) is 74.8 Å². The Bertz CT molecular complexity index is 933. The lowest BCUT2D eigenvalue weighted by Gasteiger charge is -2.54. The lowest BCUT2D eigenvalue weighted by atomic mass is 9.54. The molecule has 1 heterocycles. The van der Waals surface area contributed by atoms with Crippen LogP contribution < -0.4 is 0 Å². The highest BCUT2D eigenvalue weighted by Crippen LogP contribution is 2.58. The van der Waals surface area contributed by atoms with Crippen molar-refractivity contribution in [3.63, 3.8) is 0 Å². The molecule has 2 aromatic carbocycles. The molecule has 7 rings (SSSR count). The van der Waals surface area contributed by atoms with E-state index in [1.165, 1.54) is 43.2 Å². The van der Waals surface area contributed by atoms with Crippen molar-refractivity contribution in [2.45, 2.75) is 38.1 Å². The Morgan fingerprint density at radius 1 is 0.704 bits per heavy atom. The molecule has 4 aliphatic carbocycles. The molecule has 0 atom stereocenters. The molecule has 4 fully saturated rings. The zero-order valence-corrected chi connectivity index (χ0v) is 15.4. The van der Waals surface area contributed by atoms with Gasteiger partial charge in [-0.05, 0) is 83.4 Å². The number of tetrazole rings is 1. The van der Waals surface area contributed by atoms with Gasteiger partial charge < -0.3 is 0 Å². The van der Waals surface area contributed by atoms with Gasteiger partial charge in [-0.1, -0.05) is 48.5 Å². The second-order valence-corrected chi connectivity index (χ2v) is 8.82. The van der Waals surface area contributed by atoms with E-state index in [9.17, 15) is 0 Å². The van der Waals surface area contributed by atoms with Gasteiger partial charge in [-0.2, -0.15) is 0 Å². The number of rotatable bonds is 3. The third kappa shape index (κ3) is 2.53. The fraction of sp³-hybridized carbons (Fsp3) is 0.435. The van der Waals surface area contributed by atoms with Gasteiger partial charge in [0.05, 0.1) is 6.04 Å². The Labute approximate surface area is 159 Å². The first-order chi connectivity index (χ1) is 13.3. The maximum absolute atomic E-state index is 4.50. The van der Waals surface area contributed by atoms with Crippen LogP contribution in [0.15, 0.2) is 54.6 Å². The van der Waals surface area contributed by atoms with Gasteiger partial charge in [0.1, 0.15) is 0 Å². The molecule has 0 aliphatic heterocycles. The molecule has 0 radical (unpaired) electrons. The summed E-state index contributed by atoms with van der Waals surface area (Å²) in [7, 11) is 0. The van der Waals surface area contributed by atoms with Crippen molar-refractivity contribution in [3.8, 4) is 22.5 Å². The molecule has 4 heteroatoms. The molecule has 3 aromatic rings. The molecule has 4 saturated carbocycles. The minimum atomic E-state index is 0.489. The summed E-state index contributed by atoms with van der Waals surface area (Å²) in [5, 5.41) is 13.0. The Morgan fingerprint density at radius 3 is 2.11 bits per heavy atom. The van der Waals surface area contributed by atoms with Crippen molar-refractivity contribution in [1.29, 1.82) is 0 Å². The zero-order chi connectivity index (χ0) is 17.8. The van der Waals surface area contributed by atoms with Crippen LogP contribution in [0.2, 0.25) is 0 Å². The van der Waals surface area contributed by atoms with Gasteiger partial charge in [0.2, 0.25) is 0 Å². The van der Waals surface area contributed by atoms with Gasteiger partial charge in [0.25, 0.3) is 0 Å². The highest BCUT2D eigenvalue weighted by molar-refractivity contribution is 5.70. The molecule has 0 amide bonds. The maximum atomic E-state index is 4.50. The van der Waals surface area contributed by atoms with E-state index in [-0.39, 0.29) is 0 Å². The van der Waals surface area contributed by atoms with E-state index in [1.807, 2.05) is 0 Å². The van der Waals surface area contributed by atoms with Crippen molar-refractivity contribution >= 4 is 0 Å². The lowest BCUT2D eigenvalue weighted by molar-refractivity contribution is -0.0336. The van der Waals surface area contributed by atoms with Gasteiger partial charge >= 0.3 is 0 Å². The topological polar surface area (TPSA) is 43.6 Å². The molecule has 0 saturated heterocycles. The fourth-order valence-electron chi connectivity index (χ4n) is 6.35. The second kappa shape index (κ2) is 6.01. The molecular weight excluding hydrogens is 332 g/mol. The van der Waals surface area contributed by atoms with Crippen LogP contribution in [0, 0.1) is 23.7 Å². The zero-order valence-electron chi connectivity index (χ0n) is 15.4. The Kier molecular flexibility index (Phi) is 3.46. The summed E-state index contributed by atoms with van der Waals surface area (Å²) in [5.74, 6) is 4.39. The van der Waals surface area contributed by atoms with Crippen molar-refractivity contribution in [2.75, 3.05) is 0 Å². The molecule has 136 valence electrons. The van der Waals surface area contributed by atoms with Crippen LogP contribution in [0.4, 0.5) is 0 Å². The largest absolute Gasteiger partial charge is 0.222 e. The van der Waals surface area contributed by atoms with E-state index in [1.54, 1.807) is 0 Å². The first kappa shape index (κ1) is 15.6. The fourth-order valence-corrected chi connectivity index (χ4v) is 6.35. The van der Waals surface area contributed by atoms with Crippen LogP contribution in [0.1, 0.15) is 38.1 Å². The second-order valence-electron chi connectivity index (χ2n) is 8.82. The SMILES string of the molecule is c1ccc(-c2cccc(-c3nnnn3C3C4CC5CC(C4)CC3C5)c2)cc1. The Balaban J connectivity index is 1.39. The predicted octanol–water partition coefficient (Wildman–Crippen LogP) is 5.00. The van der Waals surface area contributed by atoms with E-state index in [0.717, 1.165) is 35.1 Å². The van der Waals surface area contributed by atoms with Crippen LogP contribution in [0.3, 0.4) is 0 Å². The molecule has 0 spiro atoms. The Hall–Kier alpha value is -2.49. The van der Waals surface area contributed by atoms with Crippen molar-refractivity contribution in [3.05, 3.63) is 54.6 Å². The summed E-state index contributed by atoms with van der Waals surface area (Å²) >= 11 is 0. The van der Waals surface area contributed by atoms with Crippen molar-refractivity contribution in [2.24, 2.45) is 23.7 Å². The molecule has 27 heavy (non-hydrogen) atoms. The minimum Gasteiger partial charge on any atom is -0.222 e. The third-order valence-corrected chi connectivity index (χ3v) is 7.18. The van der Waals surface area contributed by atoms with Crippen LogP contribution in [0.25, 0.3) is 22.5 Å². The van der Waals surface area contributed by atoms with Gasteiger partial charge in [-0.15, -0.1) is 5.10 Å². The predicted molar refractivity (Wildman–Crippen MR) is 105 cm³/mol. The van der Waals surface area contributed by atoms with Crippen LogP contribution >= 0.6 is 0 Å². The average Bonchev–Trinajstić information content (AvgIpc) is 3.17. The summed E-state index contributed by atoms with van der Waals surface area (Å²) in [5.41, 5.74) is 3.57. The number of hydrogen-bond donors (Lipinski definition) is 0. The first-order valence-electron chi connectivity index (χ1n) is 10.3. The molecule has 4 bridgehead atoms. The minimum absolute atomic E-state index is 0.489. The number of nitrogens with zero attached hydrogens (tertiary/aromatic N) is 4. The summed E-state index contributed by atoms with van der Waals surface area (Å²) in [4.78, 5) is 0. The summed E-state index contributed by atoms with van der Waals surface area (Å²) < 4.78 is 2.18. The summed E-state index contributed by atoms with van der Waals surface area (Å²) in [6, 6.07) is 19.7. The van der Waals surface area contributed by atoms with Crippen molar-refractivity contribution < 1.29 is 0 Å². The maximum Gasteiger partial charge on any atom is 0.182 e. The molecule has 0 N–H and O–H groups in total. The molecule has 4 nitrogen and oxygen atoms in total. The van der Waals surface area contributed by atoms with Gasteiger partial charge in [0.15, 0.2) is 5.82 Å². The highest BCUT2D eigenvalue weighted by atomic mass is 15.6. The number of hydrogen-bond acceptors (Lipinski definition) is 3. The number of aromatic nitrogens is 4. The quantitative estimate of drug-likeness (QED) is 0.663. The van der Waals surface area contributed by atoms with E-state index < -0.39 is 0 Å². The standard InChI is InChI=1S/C23H24N4/c1-2-5-17(6-3-1)18-7-4-8-19(14-18)23-24-25-26-27(23)22-20-10-15-9-16(12-20)13-21(22)11-15/h1-8,14-16,20-22H,9-13H2. The monoisotopic (exact) mass is 356 g/mol. The number of benzene rings is 2. The van der Waals surface area contributed by atoms with Crippen molar-refractivity contribution in [1.82, 2.24) is 20.2 Å². The normalized spacial score (nSPS) is 31.3. The van der Waals surface area contributed by atoms with Crippen LogP contribution in [-0.4, -0.2) is 20.2 Å². The van der Waals surface area contributed by atoms with E-state index >= 15 is 0 Å². The van der Waals surface area contributed by atoms with Gasteiger partial charge in [-0.25, -0.2) is 4.68 Å². The summed E-state index contributed by atoms with van der Waals surface area (Å²) in [6.07, 6.45) is 6.98. The molecule has 1 aromatic heterocycles. The highest BCUT2D eigenvalue weighted by Gasteiger charge is 2.50. The molecular formula is C23H24N4. The average molecular weight is 356 g/mol. The van der Waals surface area contributed by atoms with E-state index in [0.29, 0.717) is 6.04 Å². The van der Waals surface area contributed by atoms with E-state index in [4.69, 9.17) is 0 Å². The van der Waals surface area contributed by atoms with Gasteiger partial charge in [0, 0.05) is 5.56 Å². The van der Waals surface area contributed by atoms with Crippen LogP contribution in [0.5, 0.6) is 0 Å². The molecule has 4 aliphatic rings. The first-order valence-corrected chi connectivity index (χ1v) is 10.3. The smallest absolute Gasteiger partial charge is 0.182 e. The molecule has 0 unspecified atom stereocenters. The van der Waals surface area contributed by atoms with Gasteiger partial charge in [-0.3, -0.25) is 0 Å².